The number of ether oxygens (including phenoxy) is 2. The number of hydrogen-bond acceptors (Lipinski definition) is 3. The van der Waals surface area contributed by atoms with E-state index in [1.54, 1.807) is 0 Å². The largest absolute Gasteiger partial charge is 0.486 e. The molecular weight excluding hydrogens is 422 g/mol. The zero-order chi connectivity index (χ0) is 23.1. The topological polar surface area (TPSA) is 38.8 Å². The molecule has 0 saturated heterocycles. The molecule has 0 saturated carbocycles. The van der Waals surface area contributed by atoms with E-state index in [-0.39, 0.29) is 11.9 Å². The fourth-order valence-corrected chi connectivity index (χ4v) is 5.19. The van der Waals surface area contributed by atoms with Crippen LogP contribution in [0, 0.1) is 6.92 Å². The fourth-order valence-electron chi connectivity index (χ4n) is 5.19. The lowest BCUT2D eigenvalue weighted by Crippen LogP contribution is -2.34. The number of rotatable bonds is 4. The summed E-state index contributed by atoms with van der Waals surface area (Å²) in [5.74, 6) is 1.12. The molecule has 6 rings (SSSR count). The highest BCUT2D eigenvalue weighted by atomic mass is 16.6. The zero-order valence-electron chi connectivity index (χ0n) is 19.0. The molecule has 2 aliphatic heterocycles. The summed E-state index contributed by atoms with van der Waals surface area (Å²) in [6.45, 7) is 3.10. The van der Waals surface area contributed by atoms with E-state index >= 15 is 0 Å². The second-order valence-electron chi connectivity index (χ2n) is 8.78. The van der Waals surface area contributed by atoms with Gasteiger partial charge < -0.3 is 9.47 Å². The zero-order valence-corrected chi connectivity index (χ0v) is 19.0. The van der Waals surface area contributed by atoms with Crippen LogP contribution in [-0.2, 0) is 4.79 Å². The molecule has 1 atom stereocenters. The van der Waals surface area contributed by atoms with Crippen molar-refractivity contribution >= 4 is 11.6 Å². The Hall–Kier alpha value is -4.05. The minimum Gasteiger partial charge on any atom is -0.486 e. The minimum absolute atomic E-state index is 0.0682. The second kappa shape index (κ2) is 8.38. The lowest BCUT2D eigenvalue weighted by Gasteiger charge is -2.30. The molecule has 1 unspecified atom stereocenters. The van der Waals surface area contributed by atoms with Crippen molar-refractivity contribution in [3.05, 3.63) is 125 Å². The highest BCUT2D eigenvalue weighted by molar-refractivity contribution is 6.08. The van der Waals surface area contributed by atoms with Gasteiger partial charge in [-0.05, 0) is 52.9 Å². The summed E-state index contributed by atoms with van der Waals surface area (Å²) in [7, 11) is 0. The maximum atomic E-state index is 14.3. The molecule has 0 N–H and O–H groups in total. The van der Waals surface area contributed by atoms with Gasteiger partial charge in [-0.3, -0.25) is 9.69 Å². The Labute approximate surface area is 199 Å². The third kappa shape index (κ3) is 3.34. The van der Waals surface area contributed by atoms with Crippen molar-refractivity contribution in [2.75, 3.05) is 18.1 Å². The van der Waals surface area contributed by atoms with Crippen LogP contribution in [0.2, 0.25) is 0 Å². The van der Waals surface area contributed by atoms with E-state index in [0.29, 0.717) is 19.0 Å². The van der Waals surface area contributed by atoms with Gasteiger partial charge in [0, 0.05) is 5.69 Å². The number of amides is 1. The molecule has 0 aromatic heterocycles. The molecule has 0 radical (unpaired) electrons. The van der Waals surface area contributed by atoms with Gasteiger partial charge in [0.05, 0.1) is 12.0 Å². The predicted octanol–water partition coefficient (Wildman–Crippen LogP) is 6.03. The van der Waals surface area contributed by atoms with Gasteiger partial charge in [-0.2, -0.15) is 0 Å². The molecule has 168 valence electrons. The molecule has 4 aromatic carbocycles. The molecule has 4 nitrogen and oxygen atoms in total. The van der Waals surface area contributed by atoms with Gasteiger partial charge in [-0.1, -0.05) is 78.9 Å². The number of anilines is 1. The first-order chi connectivity index (χ1) is 16.7. The predicted molar refractivity (Wildman–Crippen MR) is 133 cm³/mol. The van der Waals surface area contributed by atoms with Gasteiger partial charge in [0.25, 0.3) is 0 Å². The third-order valence-electron chi connectivity index (χ3n) is 6.72. The highest BCUT2D eigenvalue weighted by Crippen LogP contribution is 2.48. The van der Waals surface area contributed by atoms with Crippen molar-refractivity contribution in [2.45, 2.75) is 18.9 Å². The fraction of sp³-hybridized carbons (Fsp3) is 0.167. The molecule has 0 fully saturated rings. The van der Waals surface area contributed by atoms with E-state index in [1.807, 2.05) is 72.5 Å². The summed E-state index contributed by atoms with van der Waals surface area (Å²) in [5.41, 5.74) is 6.11. The lowest BCUT2D eigenvalue weighted by molar-refractivity contribution is -0.118. The Kier molecular flexibility index (Phi) is 5.06. The van der Waals surface area contributed by atoms with Crippen molar-refractivity contribution in [1.29, 1.82) is 0 Å². The molecular formula is C30H25NO3. The summed E-state index contributed by atoms with van der Waals surface area (Å²) in [5, 5.41) is 0. The SMILES string of the molecule is Cc1cc2c(cc1C1C(=O)N(C(c3ccccc3)c3ccccc3)c3ccccc31)OCCO2. The molecule has 0 spiro atoms. The summed E-state index contributed by atoms with van der Waals surface area (Å²) < 4.78 is 11.6. The van der Waals surface area contributed by atoms with Crippen molar-refractivity contribution in [1.82, 2.24) is 0 Å². The average molecular weight is 448 g/mol. The van der Waals surface area contributed by atoms with Crippen LogP contribution in [0.5, 0.6) is 11.5 Å². The summed E-state index contributed by atoms with van der Waals surface area (Å²) in [6, 6.07) is 32.4. The van der Waals surface area contributed by atoms with Gasteiger partial charge >= 0.3 is 0 Å². The third-order valence-corrected chi connectivity index (χ3v) is 6.72. The first kappa shape index (κ1) is 20.5. The van der Waals surface area contributed by atoms with Crippen molar-refractivity contribution in [2.24, 2.45) is 0 Å². The Bertz CT molecular complexity index is 1310. The van der Waals surface area contributed by atoms with Crippen molar-refractivity contribution in [3.8, 4) is 11.5 Å². The summed E-state index contributed by atoms with van der Waals surface area (Å²) in [4.78, 5) is 16.3. The molecule has 0 bridgehead atoms. The van der Waals surface area contributed by atoms with Crippen LogP contribution in [0.4, 0.5) is 5.69 Å². The molecule has 4 heteroatoms. The molecule has 1 amide bonds. The van der Waals surface area contributed by atoms with E-state index in [2.05, 4.69) is 36.4 Å². The number of carbonyl (C=O) groups excluding carboxylic acids is 1. The second-order valence-corrected chi connectivity index (χ2v) is 8.78. The Balaban J connectivity index is 1.52. The van der Waals surface area contributed by atoms with Crippen molar-refractivity contribution < 1.29 is 14.3 Å². The first-order valence-electron chi connectivity index (χ1n) is 11.6. The highest BCUT2D eigenvalue weighted by Gasteiger charge is 2.43. The van der Waals surface area contributed by atoms with E-state index < -0.39 is 5.92 Å². The molecule has 2 heterocycles. The van der Waals surface area contributed by atoms with Crippen LogP contribution >= 0.6 is 0 Å². The summed E-state index contributed by atoms with van der Waals surface area (Å²) >= 11 is 0. The first-order valence-corrected chi connectivity index (χ1v) is 11.6. The van der Waals surface area contributed by atoms with Gasteiger partial charge in [0.2, 0.25) is 5.91 Å². The number of nitrogens with zero attached hydrogens (tertiary/aromatic N) is 1. The number of para-hydroxylation sites is 1. The van der Waals surface area contributed by atoms with Crippen LogP contribution in [0.15, 0.2) is 97.1 Å². The number of carbonyl (C=O) groups is 1. The van der Waals surface area contributed by atoms with E-state index in [1.165, 1.54) is 0 Å². The Morgan fingerprint density at radius 3 is 1.94 bits per heavy atom. The van der Waals surface area contributed by atoms with Crippen LogP contribution in [0.1, 0.15) is 39.8 Å². The number of fused-ring (bicyclic) bond motifs is 2. The van der Waals surface area contributed by atoms with Crippen LogP contribution in [-0.4, -0.2) is 19.1 Å². The van der Waals surface area contributed by atoms with E-state index in [9.17, 15) is 4.79 Å². The maximum absolute atomic E-state index is 14.3. The lowest BCUT2D eigenvalue weighted by atomic mass is 9.89. The van der Waals surface area contributed by atoms with Crippen LogP contribution in [0.3, 0.4) is 0 Å². The number of aryl methyl sites for hydroxylation is 1. The van der Waals surface area contributed by atoms with Gasteiger partial charge in [0.1, 0.15) is 13.2 Å². The summed E-state index contributed by atoms with van der Waals surface area (Å²) in [6.07, 6.45) is 0. The Morgan fingerprint density at radius 2 is 1.29 bits per heavy atom. The average Bonchev–Trinajstić information content (AvgIpc) is 3.17. The smallest absolute Gasteiger partial charge is 0.239 e. The number of hydrogen-bond donors (Lipinski definition) is 0. The molecule has 2 aliphatic rings. The van der Waals surface area contributed by atoms with Crippen molar-refractivity contribution in [3.63, 3.8) is 0 Å². The maximum Gasteiger partial charge on any atom is 0.239 e. The molecule has 0 aliphatic carbocycles. The van der Waals surface area contributed by atoms with E-state index in [4.69, 9.17) is 9.47 Å². The standard InChI is InChI=1S/C30H25NO3/c1-20-18-26-27(34-17-16-33-26)19-24(20)28-23-14-8-9-15-25(23)31(30(28)32)29(21-10-4-2-5-11-21)22-12-6-3-7-13-22/h2-15,18-19,28-29H,16-17H2,1H3. The minimum atomic E-state index is -0.401. The normalized spacial score (nSPS) is 16.6. The van der Waals surface area contributed by atoms with Gasteiger partial charge in [-0.25, -0.2) is 0 Å². The Morgan fingerprint density at radius 1 is 0.735 bits per heavy atom. The number of benzene rings is 4. The van der Waals surface area contributed by atoms with Gasteiger partial charge in [0.15, 0.2) is 11.5 Å². The molecule has 4 aromatic rings. The van der Waals surface area contributed by atoms with Crippen LogP contribution in [0.25, 0.3) is 0 Å². The van der Waals surface area contributed by atoms with Gasteiger partial charge in [-0.15, -0.1) is 0 Å². The molecule has 34 heavy (non-hydrogen) atoms. The quantitative estimate of drug-likeness (QED) is 0.383. The van der Waals surface area contributed by atoms with Crippen LogP contribution < -0.4 is 14.4 Å². The monoisotopic (exact) mass is 447 g/mol. The van der Waals surface area contributed by atoms with E-state index in [0.717, 1.165) is 39.3 Å².